The molecular formula is C24H27N3O3. The molecule has 1 N–H and O–H groups in total. The van der Waals surface area contributed by atoms with Crippen molar-refractivity contribution >= 4 is 29.1 Å². The van der Waals surface area contributed by atoms with E-state index in [2.05, 4.69) is 5.32 Å². The highest BCUT2D eigenvalue weighted by atomic mass is 16.2. The van der Waals surface area contributed by atoms with E-state index in [9.17, 15) is 14.4 Å². The smallest absolute Gasteiger partial charge is 0.247 e. The third kappa shape index (κ3) is 4.08. The predicted molar refractivity (Wildman–Crippen MR) is 116 cm³/mol. The molecule has 2 heterocycles. The fraction of sp³-hybridized carbons (Fsp3) is 0.375. The molecular weight excluding hydrogens is 378 g/mol. The van der Waals surface area contributed by atoms with Crippen LogP contribution in [0.2, 0.25) is 0 Å². The van der Waals surface area contributed by atoms with E-state index < -0.39 is 6.04 Å². The SMILES string of the molecule is Cc1ccccc1NC(=O)C1CCc2ccccc2N1C(=O)CCN1CCCC1=O. The lowest BCUT2D eigenvalue weighted by molar-refractivity contribution is -0.129. The number of amides is 3. The summed E-state index contributed by atoms with van der Waals surface area (Å²) < 4.78 is 0. The molecule has 2 aromatic rings. The van der Waals surface area contributed by atoms with E-state index in [0.29, 0.717) is 25.9 Å². The largest absolute Gasteiger partial charge is 0.342 e. The maximum absolute atomic E-state index is 13.3. The summed E-state index contributed by atoms with van der Waals surface area (Å²) in [6, 6.07) is 14.8. The number of carbonyl (C=O) groups excluding carboxylic acids is 3. The molecule has 3 amide bonds. The van der Waals surface area contributed by atoms with Gasteiger partial charge in [0.2, 0.25) is 17.7 Å². The number of aryl methyl sites for hydroxylation is 2. The fourth-order valence-electron chi connectivity index (χ4n) is 4.32. The molecule has 4 rings (SSSR count). The lowest BCUT2D eigenvalue weighted by atomic mass is 9.94. The summed E-state index contributed by atoms with van der Waals surface area (Å²) in [5, 5.41) is 3.00. The summed E-state index contributed by atoms with van der Waals surface area (Å²) in [4.78, 5) is 41.8. The van der Waals surface area contributed by atoms with Crippen LogP contribution >= 0.6 is 0 Å². The van der Waals surface area contributed by atoms with Crippen LogP contribution in [0, 0.1) is 6.92 Å². The van der Waals surface area contributed by atoms with Gasteiger partial charge in [0.05, 0.1) is 0 Å². The number of nitrogens with zero attached hydrogens (tertiary/aromatic N) is 2. The van der Waals surface area contributed by atoms with Crippen LogP contribution in [0.4, 0.5) is 11.4 Å². The molecule has 0 aromatic heterocycles. The van der Waals surface area contributed by atoms with Crippen LogP contribution in [-0.2, 0) is 20.8 Å². The second-order valence-corrected chi connectivity index (χ2v) is 7.99. The van der Waals surface area contributed by atoms with Crippen LogP contribution in [-0.4, -0.2) is 41.8 Å². The number of likely N-dealkylation sites (tertiary alicyclic amines) is 1. The summed E-state index contributed by atoms with van der Waals surface area (Å²) in [5.74, 6) is -0.188. The highest BCUT2D eigenvalue weighted by Crippen LogP contribution is 2.32. The zero-order valence-corrected chi connectivity index (χ0v) is 17.3. The lowest BCUT2D eigenvalue weighted by Gasteiger charge is -2.36. The van der Waals surface area contributed by atoms with Gasteiger partial charge in [0.25, 0.3) is 0 Å². The quantitative estimate of drug-likeness (QED) is 0.830. The summed E-state index contributed by atoms with van der Waals surface area (Å²) in [6.45, 7) is 3.06. The van der Waals surface area contributed by atoms with Gasteiger partial charge in [-0.25, -0.2) is 0 Å². The van der Waals surface area contributed by atoms with E-state index >= 15 is 0 Å². The molecule has 30 heavy (non-hydrogen) atoms. The van der Waals surface area contributed by atoms with Gasteiger partial charge in [-0.3, -0.25) is 19.3 Å². The van der Waals surface area contributed by atoms with Crippen molar-refractivity contribution in [1.29, 1.82) is 0 Å². The maximum Gasteiger partial charge on any atom is 0.247 e. The van der Waals surface area contributed by atoms with Crippen LogP contribution in [0.5, 0.6) is 0 Å². The monoisotopic (exact) mass is 405 g/mol. The Balaban J connectivity index is 1.55. The molecule has 1 fully saturated rings. The molecule has 1 atom stereocenters. The van der Waals surface area contributed by atoms with Gasteiger partial charge >= 0.3 is 0 Å². The number of hydrogen-bond donors (Lipinski definition) is 1. The molecule has 156 valence electrons. The van der Waals surface area contributed by atoms with Crippen LogP contribution in [0.3, 0.4) is 0 Å². The van der Waals surface area contributed by atoms with Gasteiger partial charge in [0.15, 0.2) is 0 Å². The van der Waals surface area contributed by atoms with Crippen molar-refractivity contribution in [3.63, 3.8) is 0 Å². The lowest BCUT2D eigenvalue weighted by Crippen LogP contribution is -2.51. The number of fused-ring (bicyclic) bond motifs is 1. The average Bonchev–Trinajstić information content (AvgIpc) is 3.17. The third-order valence-corrected chi connectivity index (χ3v) is 5.99. The van der Waals surface area contributed by atoms with Gasteiger partial charge in [0, 0.05) is 37.3 Å². The normalized spacial score (nSPS) is 18.3. The van der Waals surface area contributed by atoms with E-state index in [1.54, 1.807) is 9.80 Å². The van der Waals surface area contributed by atoms with Gasteiger partial charge in [-0.1, -0.05) is 36.4 Å². The third-order valence-electron chi connectivity index (χ3n) is 5.99. The van der Waals surface area contributed by atoms with Gasteiger partial charge in [-0.15, -0.1) is 0 Å². The fourth-order valence-corrected chi connectivity index (χ4v) is 4.32. The number of carbonyl (C=O) groups is 3. The minimum absolute atomic E-state index is 0.107. The van der Waals surface area contributed by atoms with E-state index in [-0.39, 0.29) is 24.1 Å². The Bertz CT molecular complexity index is 972. The van der Waals surface area contributed by atoms with E-state index in [1.807, 2.05) is 55.5 Å². The average molecular weight is 405 g/mol. The molecule has 0 aliphatic carbocycles. The molecule has 2 aromatic carbocycles. The van der Waals surface area contributed by atoms with E-state index in [4.69, 9.17) is 0 Å². The number of benzene rings is 2. The molecule has 6 heteroatoms. The molecule has 6 nitrogen and oxygen atoms in total. The first kappa shape index (κ1) is 20.1. The Labute approximate surface area is 176 Å². The first-order chi connectivity index (χ1) is 14.5. The number of hydrogen-bond acceptors (Lipinski definition) is 3. The van der Waals surface area contributed by atoms with E-state index in [1.165, 1.54) is 0 Å². The molecule has 1 saturated heterocycles. The predicted octanol–water partition coefficient (Wildman–Crippen LogP) is 3.29. The number of rotatable bonds is 5. The van der Waals surface area contributed by atoms with Crippen molar-refractivity contribution in [3.05, 3.63) is 59.7 Å². The summed E-state index contributed by atoms with van der Waals surface area (Å²) in [7, 11) is 0. The highest BCUT2D eigenvalue weighted by Gasteiger charge is 2.36. The first-order valence-electron chi connectivity index (χ1n) is 10.6. The van der Waals surface area contributed by atoms with Crippen molar-refractivity contribution in [2.45, 2.75) is 45.1 Å². The Morgan fingerprint density at radius 2 is 1.83 bits per heavy atom. The van der Waals surface area contributed by atoms with Crippen molar-refractivity contribution in [2.24, 2.45) is 0 Å². The molecule has 1 unspecified atom stereocenters. The Hall–Kier alpha value is -3.15. The summed E-state index contributed by atoms with van der Waals surface area (Å²) >= 11 is 0. The Morgan fingerprint density at radius 1 is 1.07 bits per heavy atom. The molecule has 0 radical (unpaired) electrons. The zero-order valence-electron chi connectivity index (χ0n) is 17.3. The van der Waals surface area contributed by atoms with Crippen molar-refractivity contribution in [1.82, 2.24) is 4.90 Å². The van der Waals surface area contributed by atoms with Crippen molar-refractivity contribution in [2.75, 3.05) is 23.3 Å². The first-order valence-corrected chi connectivity index (χ1v) is 10.6. The Morgan fingerprint density at radius 3 is 2.60 bits per heavy atom. The minimum Gasteiger partial charge on any atom is -0.342 e. The van der Waals surface area contributed by atoms with Gasteiger partial charge in [-0.2, -0.15) is 0 Å². The minimum atomic E-state index is -0.568. The molecule has 2 aliphatic heterocycles. The number of anilines is 2. The van der Waals surface area contributed by atoms with Crippen molar-refractivity contribution < 1.29 is 14.4 Å². The molecule has 0 spiro atoms. The summed E-state index contributed by atoms with van der Waals surface area (Å²) in [6.07, 6.45) is 2.94. The van der Waals surface area contributed by atoms with Gasteiger partial charge < -0.3 is 10.2 Å². The summed E-state index contributed by atoms with van der Waals surface area (Å²) in [5.41, 5.74) is 3.61. The van der Waals surface area contributed by atoms with Gasteiger partial charge in [0.1, 0.15) is 6.04 Å². The van der Waals surface area contributed by atoms with Gasteiger partial charge in [-0.05, 0) is 49.4 Å². The topological polar surface area (TPSA) is 69.7 Å². The second-order valence-electron chi connectivity index (χ2n) is 7.99. The standard InChI is InChI=1S/C24H27N3O3/c1-17-7-2-4-9-19(17)25-24(30)21-13-12-18-8-3-5-10-20(18)27(21)23(29)14-16-26-15-6-11-22(26)28/h2-5,7-10,21H,6,11-16H2,1H3,(H,25,30). The Kier molecular flexibility index (Phi) is 5.84. The maximum atomic E-state index is 13.3. The van der Waals surface area contributed by atoms with Crippen molar-refractivity contribution in [3.8, 4) is 0 Å². The molecule has 2 aliphatic rings. The van der Waals surface area contributed by atoms with E-state index in [0.717, 1.165) is 35.3 Å². The zero-order chi connectivity index (χ0) is 21.1. The highest BCUT2D eigenvalue weighted by molar-refractivity contribution is 6.06. The number of nitrogens with one attached hydrogen (secondary N) is 1. The van der Waals surface area contributed by atoms with Crippen LogP contribution < -0.4 is 10.2 Å². The van der Waals surface area contributed by atoms with Crippen LogP contribution in [0.15, 0.2) is 48.5 Å². The van der Waals surface area contributed by atoms with Crippen LogP contribution in [0.25, 0.3) is 0 Å². The van der Waals surface area contributed by atoms with Crippen LogP contribution in [0.1, 0.15) is 36.8 Å². The molecule has 0 saturated carbocycles. The molecule has 0 bridgehead atoms. The number of para-hydroxylation sites is 2. The second kappa shape index (κ2) is 8.69.